The molecule has 0 bridgehead atoms. The molecule has 0 aliphatic heterocycles. The predicted molar refractivity (Wildman–Crippen MR) is 64.1 cm³/mol. The molecule has 1 aromatic heterocycles. The Hall–Kier alpha value is -2.23. The second kappa shape index (κ2) is 4.74. The van der Waals surface area contributed by atoms with Gasteiger partial charge in [0.2, 0.25) is 5.78 Å². The molecule has 4 nitrogen and oxygen atoms in total. The summed E-state index contributed by atoms with van der Waals surface area (Å²) < 4.78 is 10.1. The van der Waals surface area contributed by atoms with Crippen molar-refractivity contribution in [3.63, 3.8) is 0 Å². The Morgan fingerprint density at radius 3 is 2.88 bits per heavy atom. The van der Waals surface area contributed by atoms with Crippen LogP contribution in [0.1, 0.15) is 16.1 Å². The van der Waals surface area contributed by atoms with Crippen molar-refractivity contribution in [3.8, 4) is 5.75 Å². The fourth-order valence-electron chi connectivity index (χ4n) is 1.56. The summed E-state index contributed by atoms with van der Waals surface area (Å²) in [5.41, 5.74) is 7.12. The lowest BCUT2D eigenvalue weighted by Crippen LogP contribution is -2.05. The molecule has 0 aliphatic rings. The summed E-state index contributed by atoms with van der Waals surface area (Å²) in [7, 11) is 1.57. The van der Waals surface area contributed by atoms with Crippen LogP contribution in [0, 0.1) is 0 Å². The molecule has 17 heavy (non-hydrogen) atoms. The van der Waals surface area contributed by atoms with E-state index in [0.717, 1.165) is 5.56 Å². The number of nitrogen functional groups attached to an aromatic ring is 1. The van der Waals surface area contributed by atoms with E-state index in [1.807, 2.05) is 0 Å². The van der Waals surface area contributed by atoms with Crippen LogP contribution in [0.2, 0.25) is 0 Å². The number of carbonyl (C=O) groups excluding carboxylic acids is 1. The van der Waals surface area contributed by atoms with Gasteiger partial charge in [0.1, 0.15) is 5.75 Å². The standard InChI is InChI=1S/C13H13NO3/c1-16-10-4-5-11(14)9(7-10)8-12(15)13-3-2-6-17-13/h2-7H,8,14H2,1H3. The highest BCUT2D eigenvalue weighted by atomic mass is 16.5. The topological polar surface area (TPSA) is 65.5 Å². The normalized spacial score (nSPS) is 10.2. The minimum atomic E-state index is -0.102. The van der Waals surface area contributed by atoms with Crippen LogP contribution in [0.5, 0.6) is 5.75 Å². The zero-order chi connectivity index (χ0) is 12.3. The van der Waals surface area contributed by atoms with Gasteiger partial charge in [-0.25, -0.2) is 0 Å². The first-order valence-electron chi connectivity index (χ1n) is 5.20. The third kappa shape index (κ3) is 2.47. The van der Waals surface area contributed by atoms with Crippen LogP contribution in [-0.2, 0) is 6.42 Å². The maximum absolute atomic E-state index is 11.8. The molecule has 1 heterocycles. The summed E-state index contributed by atoms with van der Waals surface area (Å²) in [5, 5.41) is 0. The van der Waals surface area contributed by atoms with Gasteiger partial charge in [0.25, 0.3) is 0 Å². The molecule has 0 saturated heterocycles. The second-order valence-corrected chi connectivity index (χ2v) is 3.64. The smallest absolute Gasteiger partial charge is 0.202 e. The fraction of sp³-hybridized carbons (Fsp3) is 0.154. The van der Waals surface area contributed by atoms with Gasteiger partial charge in [-0.1, -0.05) is 0 Å². The van der Waals surface area contributed by atoms with E-state index in [-0.39, 0.29) is 12.2 Å². The lowest BCUT2D eigenvalue weighted by atomic mass is 10.1. The first kappa shape index (κ1) is 11.3. The second-order valence-electron chi connectivity index (χ2n) is 3.64. The summed E-state index contributed by atoms with van der Waals surface area (Å²) >= 11 is 0. The Morgan fingerprint density at radius 2 is 2.24 bits per heavy atom. The van der Waals surface area contributed by atoms with Crippen LogP contribution in [0.15, 0.2) is 41.0 Å². The summed E-state index contributed by atoms with van der Waals surface area (Å²) in [6.45, 7) is 0. The number of Topliss-reactive ketones (excluding diaryl/α,β-unsaturated/α-hetero) is 1. The number of benzene rings is 1. The zero-order valence-electron chi connectivity index (χ0n) is 9.47. The van der Waals surface area contributed by atoms with E-state index >= 15 is 0 Å². The maximum Gasteiger partial charge on any atom is 0.202 e. The minimum Gasteiger partial charge on any atom is -0.497 e. The first-order valence-corrected chi connectivity index (χ1v) is 5.20. The number of rotatable bonds is 4. The average Bonchev–Trinajstić information content (AvgIpc) is 2.85. The van der Waals surface area contributed by atoms with Crippen molar-refractivity contribution in [2.75, 3.05) is 12.8 Å². The molecule has 0 saturated carbocycles. The van der Waals surface area contributed by atoms with E-state index < -0.39 is 0 Å². The van der Waals surface area contributed by atoms with Crippen LogP contribution in [-0.4, -0.2) is 12.9 Å². The number of hydrogen-bond donors (Lipinski definition) is 1. The quantitative estimate of drug-likeness (QED) is 0.647. The average molecular weight is 231 g/mol. The van der Waals surface area contributed by atoms with Gasteiger partial charge in [0.05, 0.1) is 13.4 Å². The van der Waals surface area contributed by atoms with Crippen molar-refractivity contribution in [2.45, 2.75) is 6.42 Å². The van der Waals surface area contributed by atoms with E-state index in [1.54, 1.807) is 37.4 Å². The van der Waals surface area contributed by atoms with E-state index in [1.165, 1.54) is 6.26 Å². The number of furan rings is 1. The molecule has 4 heteroatoms. The molecule has 0 radical (unpaired) electrons. The number of nitrogens with two attached hydrogens (primary N) is 1. The van der Waals surface area contributed by atoms with Crippen LogP contribution in [0.3, 0.4) is 0 Å². The Labute approximate surface area is 99.0 Å². The Balaban J connectivity index is 2.21. The van der Waals surface area contributed by atoms with Gasteiger partial charge in [0, 0.05) is 12.1 Å². The molecular formula is C13H13NO3. The number of carbonyl (C=O) groups is 1. The molecule has 0 unspecified atom stereocenters. The van der Waals surface area contributed by atoms with Crippen molar-refractivity contribution in [2.24, 2.45) is 0 Å². The van der Waals surface area contributed by atoms with Crippen LogP contribution < -0.4 is 10.5 Å². The monoisotopic (exact) mass is 231 g/mol. The molecule has 2 aromatic rings. The molecule has 2 rings (SSSR count). The van der Waals surface area contributed by atoms with Crippen LogP contribution >= 0.6 is 0 Å². The summed E-state index contributed by atoms with van der Waals surface area (Å²) in [5.74, 6) is 0.920. The molecule has 0 aliphatic carbocycles. The maximum atomic E-state index is 11.8. The zero-order valence-corrected chi connectivity index (χ0v) is 9.47. The highest BCUT2D eigenvalue weighted by molar-refractivity contribution is 5.95. The largest absolute Gasteiger partial charge is 0.497 e. The van der Waals surface area contributed by atoms with Gasteiger partial charge in [-0.05, 0) is 35.9 Å². The SMILES string of the molecule is COc1ccc(N)c(CC(=O)c2ccco2)c1. The van der Waals surface area contributed by atoms with Gasteiger partial charge in [0.15, 0.2) is 5.76 Å². The van der Waals surface area contributed by atoms with E-state index in [9.17, 15) is 4.79 Å². The number of anilines is 1. The van der Waals surface area contributed by atoms with E-state index in [2.05, 4.69) is 0 Å². The van der Waals surface area contributed by atoms with Gasteiger partial charge >= 0.3 is 0 Å². The minimum absolute atomic E-state index is 0.102. The van der Waals surface area contributed by atoms with Crippen molar-refractivity contribution >= 4 is 11.5 Å². The van der Waals surface area contributed by atoms with Crippen molar-refractivity contribution in [1.29, 1.82) is 0 Å². The highest BCUT2D eigenvalue weighted by Crippen LogP contribution is 2.21. The number of ether oxygens (including phenoxy) is 1. The van der Waals surface area contributed by atoms with Crippen molar-refractivity contribution in [3.05, 3.63) is 47.9 Å². The molecule has 2 N–H and O–H groups in total. The van der Waals surface area contributed by atoms with E-state index in [4.69, 9.17) is 14.9 Å². The molecular weight excluding hydrogens is 218 g/mol. The number of ketones is 1. The molecule has 0 amide bonds. The van der Waals surface area contributed by atoms with Gasteiger partial charge in [-0.2, -0.15) is 0 Å². The number of hydrogen-bond acceptors (Lipinski definition) is 4. The summed E-state index contributed by atoms with van der Waals surface area (Å²) in [6.07, 6.45) is 1.68. The molecule has 0 fully saturated rings. The third-order valence-electron chi connectivity index (χ3n) is 2.50. The Morgan fingerprint density at radius 1 is 1.41 bits per heavy atom. The Kier molecular flexibility index (Phi) is 3.14. The van der Waals surface area contributed by atoms with Crippen molar-refractivity contribution in [1.82, 2.24) is 0 Å². The van der Waals surface area contributed by atoms with Crippen LogP contribution in [0.25, 0.3) is 0 Å². The Bertz CT molecular complexity index is 517. The summed E-state index contributed by atoms with van der Waals surface area (Å²) in [6, 6.07) is 8.57. The third-order valence-corrected chi connectivity index (χ3v) is 2.50. The lowest BCUT2D eigenvalue weighted by Gasteiger charge is -2.06. The molecule has 88 valence electrons. The predicted octanol–water partition coefficient (Wildman–Crippen LogP) is 2.30. The van der Waals surface area contributed by atoms with Gasteiger partial charge in [-0.3, -0.25) is 4.79 Å². The van der Waals surface area contributed by atoms with Gasteiger partial charge < -0.3 is 14.9 Å². The fourth-order valence-corrected chi connectivity index (χ4v) is 1.56. The molecule has 0 atom stereocenters. The first-order chi connectivity index (χ1) is 8.20. The lowest BCUT2D eigenvalue weighted by molar-refractivity contribution is 0.0966. The van der Waals surface area contributed by atoms with E-state index in [0.29, 0.717) is 17.2 Å². The number of methoxy groups -OCH3 is 1. The van der Waals surface area contributed by atoms with Gasteiger partial charge in [-0.15, -0.1) is 0 Å². The van der Waals surface area contributed by atoms with Crippen LogP contribution in [0.4, 0.5) is 5.69 Å². The summed E-state index contributed by atoms with van der Waals surface area (Å²) in [4.78, 5) is 11.8. The molecule has 1 aromatic carbocycles. The van der Waals surface area contributed by atoms with Crippen molar-refractivity contribution < 1.29 is 13.9 Å². The highest BCUT2D eigenvalue weighted by Gasteiger charge is 2.12. The molecule has 0 spiro atoms.